The van der Waals surface area contributed by atoms with E-state index in [0.29, 0.717) is 25.5 Å². The van der Waals surface area contributed by atoms with Crippen LogP contribution in [0.4, 0.5) is 0 Å². The second-order valence-electron chi connectivity index (χ2n) is 7.79. The van der Waals surface area contributed by atoms with Crippen LogP contribution in [0.25, 0.3) is 0 Å². The molecule has 164 valence electrons. The van der Waals surface area contributed by atoms with Gasteiger partial charge in [-0.1, -0.05) is 44.2 Å². The van der Waals surface area contributed by atoms with Gasteiger partial charge >= 0.3 is 0 Å². The molecule has 1 aromatic carbocycles. The molecule has 1 aliphatic heterocycles. The molecule has 7 nitrogen and oxygen atoms in total. The highest BCUT2D eigenvalue weighted by Gasteiger charge is 2.28. The second kappa shape index (κ2) is 11.7. The molecule has 2 rings (SSSR count). The molecular weight excluding hydrogens is 503 g/mol. The number of sulfone groups is 1. The fraction of sp³-hybridized carbons (Fsp3) is 0.600. The molecule has 1 fully saturated rings. The minimum atomic E-state index is -2.99. The minimum Gasteiger partial charge on any atom is -0.357 e. The average molecular weight is 536 g/mol. The van der Waals surface area contributed by atoms with Gasteiger partial charge in [-0.3, -0.25) is 9.79 Å². The quantitative estimate of drug-likeness (QED) is 0.268. The summed E-state index contributed by atoms with van der Waals surface area (Å²) in [5.41, 5.74) is 1.12. The van der Waals surface area contributed by atoms with Crippen molar-refractivity contribution in [3.05, 3.63) is 35.9 Å². The standard InChI is InChI=1S/C20H32N4O3S.HI/c1-4-21-19(23-15-20(2,3)16-8-6-5-7-9-16)22-12-10-18(25)24-17-11-13-28(26,27)14-17;/h5-9,17H,4,10-15H2,1-3H3,(H,24,25)(H2,21,22,23);1H. The van der Waals surface area contributed by atoms with Crippen molar-refractivity contribution in [1.29, 1.82) is 0 Å². The Morgan fingerprint density at radius 1 is 1.21 bits per heavy atom. The molecule has 9 heteroatoms. The summed E-state index contributed by atoms with van der Waals surface area (Å²) in [6.45, 7) is 8.06. The Morgan fingerprint density at radius 2 is 1.90 bits per heavy atom. The summed E-state index contributed by atoms with van der Waals surface area (Å²) < 4.78 is 22.9. The largest absolute Gasteiger partial charge is 0.357 e. The number of hydrogen-bond acceptors (Lipinski definition) is 4. The van der Waals surface area contributed by atoms with E-state index in [4.69, 9.17) is 0 Å². The van der Waals surface area contributed by atoms with Crippen LogP contribution in [0.15, 0.2) is 35.3 Å². The molecule has 0 radical (unpaired) electrons. The first-order valence-corrected chi connectivity index (χ1v) is 11.6. The Labute approximate surface area is 191 Å². The van der Waals surface area contributed by atoms with Gasteiger partial charge in [-0.2, -0.15) is 0 Å². The molecule has 1 amide bonds. The Bertz CT molecular complexity index is 782. The van der Waals surface area contributed by atoms with Gasteiger partial charge in [-0.15, -0.1) is 24.0 Å². The van der Waals surface area contributed by atoms with E-state index in [0.717, 1.165) is 6.54 Å². The number of nitrogens with one attached hydrogen (secondary N) is 3. The predicted molar refractivity (Wildman–Crippen MR) is 129 cm³/mol. The highest BCUT2D eigenvalue weighted by Crippen LogP contribution is 2.22. The van der Waals surface area contributed by atoms with Gasteiger partial charge in [0.05, 0.1) is 18.1 Å². The number of carbonyl (C=O) groups excluding carboxylic acids is 1. The van der Waals surface area contributed by atoms with E-state index < -0.39 is 9.84 Å². The Kier molecular flexibility index (Phi) is 10.4. The molecule has 0 spiro atoms. The number of halogens is 1. The molecule has 1 saturated heterocycles. The van der Waals surface area contributed by atoms with Gasteiger partial charge in [-0.05, 0) is 18.9 Å². The molecule has 0 aliphatic carbocycles. The number of amides is 1. The lowest BCUT2D eigenvalue weighted by Crippen LogP contribution is -2.41. The summed E-state index contributed by atoms with van der Waals surface area (Å²) in [5, 5.41) is 9.17. The summed E-state index contributed by atoms with van der Waals surface area (Å²) in [5.74, 6) is 0.730. The molecule has 1 aromatic rings. The molecule has 1 unspecified atom stereocenters. The van der Waals surface area contributed by atoms with Gasteiger partial charge in [0.1, 0.15) is 0 Å². The van der Waals surface area contributed by atoms with Crippen LogP contribution in [0, 0.1) is 0 Å². The van der Waals surface area contributed by atoms with Crippen molar-refractivity contribution < 1.29 is 13.2 Å². The SMILES string of the molecule is CCNC(=NCC(C)(C)c1ccccc1)NCCC(=O)NC1CCS(=O)(=O)C1.I. The molecule has 1 atom stereocenters. The summed E-state index contributed by atoms with van der Waals surface area (Å²) in [4.78, 5) is 16.7. The maximum Gasteiger partial charge on any atom is 0.222 e. The molecular formula is C20H33IN4O3S. The molecule has 3 N–H and O–H groups in total. The van der Waals surface area contributed by atoms with Crippen molar-refractivity contribution in [2.24, 2.45) is 4.99 Å². The highest BCUT2D eigenvalue weighted by molar-refractivity contribution is 14.0. The molecule has 1 heterocycles. The van der Waals surface area contributed by atoms with E-state index in [9.17, 15) is 13.2 Å². The first-order chi connectivity index (χ1) is 13.2. The number of aliphatic imine (C=N–C) groups is 1. The van der Waals surface area contributed by atoms with Gasteiger partial charge < -0.3 is 16.0 Å². The number of carbonyl (C=O) groups is 1. The van der Waals surface area contributed by atoms with Crippen molar-refractivity contribution in [3.63, 3.8) is 0 Å². The predicted octanol–water partition coefficient (Wildman–Crippen LogP) is 1.83. The van der Waals surface area contributed by atoms with Gasteiger partial charge in [0.25, 0.3) is 0 Å². The van der Waals surface area contributed by atoms with Gasteiger partial charge in [0, 0.05) is 31.0 Å². The summed E-state index contributed by atoms with van der Waals surface area (Å²) in [7, 11) is -2.99. The van der Waals surface area contributed by atoms with Gasteiger partial charge in [0.15, 0.2) is 15.8 Å². The number of guanidine groups is 1. The number of hydrogen-bond donors (Lipinski definition) is 3. The van der Waals surface area contributed by atoms with E-state index in [1.165, 1.54) is 5.56 Å². The maximum atomic E-state index is 12.0. The fourth-order valence-electron chi connectivity index (χ4n) is 3.10. The summed E-state index contributed by atoms with van der Waals surface area (Å²) >= 11 is 0. The van der Waals surface area contributed by atoms with Crippen LogP contribution in [0.1, 0.15) is 39.2 Å². The average Bonchev–Trinajstić information content (AvgIpc) is 2.98. The van der Waals surface area contributed by atoms with Crippen molar-refractivity contribution in [2.75, 3.05) is 31.1 Å². The fourth-order valence-corrected chi connectivity index (χ4v) is 4.78. The Morgan fingerprint density at radius 3 is 2.48 bits per heavy atom. The lowest BCUT2D eigenvalue weighted by atomic mass is 9.85. The first kappa shape index (κ1) is 25.7. The number of rotatable bonds is 8. The van der Waals surface area contributed by atoms with Crippen LogP contribution < -0.4 is 16.0 Å². The maximum absolute atomic E-state index is 12.0. The monoisotopic (exact) mass is 536 g/mol. The Balaban J connectivity index is 0.00000420. The van der Waals surface area contributed by atoms with Gasteiger partial charge in [0.2, 0.25) is 5.91 Å². The normalized spacial score (nSPS) is 18.6. The van der Waals surface area contributed by atoms with Crippen molar-refractivity contribution in [2.45, 2.75) is 45.1 Å². The van der Waals surface area contributed by atoms with E-state index in [1.54, 1.807) is 0 Å². The van der Waals surface area contributed by atoms with Crippen LogP contribution in [0.2, 0.25) is 0 Å². The van der Waals surface area contributed by atoms with E-state index in [2.05, 4.69) is 46.9 Å². The Hall–Kier alpha value is -1.36. The summed E-state index contributed by atoms with van der Waals surface area (Å²) in [6, 6.07) is 10.00. The van der Waals surface area contributed by atoms with E-state index in [1.807, 2.05) is 25.1 Å². The zero-order valence-electron chi connectivity index (χ0n) is 17.4. The second-order valence-corrected chi connectivity index (χ2v) is 10.0. The number of benzene rings is 1. The topological polar surface area (TPSA) is 99.7 Å². The smallest absolute Gasteiger partial charge is 0.222 e. The van der Waals surface area contributed by atoms with E-state index >= 15 is 0 Å². The first-order valence-electron chi connectivity index (χ1n) is 9.79. The van der Waals surface area contributed by atoms with E-state index in [-0.39, 0.29) is 59.3 Å². The lowest BCUT2D eigenvalue weighted by Gasteiger charge is -2.24. The third-order valence-corrected chi connectivity index (χ3v) is 6.54. The molecule has 29 heavy (non-hydrogen) atoms. The minimum absolute atomic E-state index is 0. The van der Waals surface area contributed by atoms with Crippen LogP contribution in [-0.4, -0.2) is 57.5 Å². The molecule has 0 saturated carbocycles. The lowest BCUT2D eigenvalue weighted by molar-refractivity contribution is -0.121. The third-order valence-electron chi connectivity index (χ3n) is 4.77. The third kappa shape index (κ3) is 8.90. The molecule has 0 bridgehead atoms. The van der Waals surface area contributed by atoms with Crippen LogP contribution in [-0.2, 0) is 20.0 Å². The van der Waals surface area contributed by atoms with Crippen LogP contribution in [0.3, 0.4) is 0 Å². The van der Waals surface area contributed by atoms with Gasteiger partial charge in [-0.25, -0.2) is 8.42 Å². The molecule has 1 aliphatic rings. The van der Waals surface area contributed by atoms with Crippen molar-refractivity contribution in [3.8, 4) is 0 Å². The summed E-state index contributed by atoms with van der Waals surface area (Å²) in [6.07, 6.45) is 0.767. The number of nitrogens with zero attached hydrogens (tertiary/aromatic N) is 1. The van der Waals surface area contributed by atoms with Crippen molar-refractivity contribution >= 4 is 45.7 Å². The van der Waals surface area contributed by atoms with Crippen LogP contribution >= 0.6 is 24.0 Å². The molecule has 0 aromatic heterocycles. The highest BCUT2D eigenvalue weighted by atomic mass is 127. The zero-order valence-corrected chi connectivity index (χ0v) is 20.5. The van der Waals surface area contributed by atoms with Crippen molar-refractivity contribution in [1.82, 2.24) is 16.0 Å². The van der Waals surface area contributed by atoms with Crippen LogP contribution in [0.5, 0.6) is 0 Å². The zero-order chi connectivity index (χ0) is 20.6.